The number of sulfonamides is 1. The first-order chi connectivity index (χ1) is 8.29. The summed E-state index contributed by atoms with van der Waals surface area (Å²) in [5.74, 6) is -4.35. The Morgan fingerprint density at radius 2 is 2.00 bits per heavy atom. The Hall–Kier alpha value is -1.54. The molecule has 8 heteroatoms. The summed E-state index contributed by atoms with van der Waals surface area (Å²) in [7, 11) is -4.26. The van der Waals surface area contributed by atoms with Crippen LogP contribution < -0.4 is 4.72 Å². The molecule has 0 saturated heterocycles. The van der Waals surface area contributed by atoms with Crippen LogP contribution >= 0.6 is 0 Å². The summed E-state index contributed by atoms with van der Waals surface area (Å²) in [4.78, 5) is 9.64. The van der Waals surface area contributed by atoms with Gasteiger partial charge in [-0.3, -0.25) is 0 Å². The number of halogens is 2. The Morgan fingerprint density at radius 3 is 2.50 bits per heavy atom. The lowest BCUT2D eigenvalue weighted by Gasteiger charge is -2.08. The number of hydrogen-bond donors (Lipinski definition) is 2. The van der Waals surface area contributed by atoms with E-state index < -0.39 is 38.1 Å². The summed E-state index contributed by atoms with van der Waals surface area (Å²) < 4.78 is 52.0. The number of rotatable bonds is 5. The molecule has 1 aromatic rings. The highest BCUT2D eigenvalue weighted by atomic mass is 32.2. The molecule has 2 N–H and O–H groups in total. The highest BCUT2D eigenvalue weighted by Gasteiger charge is 2.25. The SMILES string of the molecule is CCCNS(=O)(=O)c1cc(F)cc(C(=O)O)c1F. The van der Waals surface area contributed by atoms with E-state index in [1.807, 2.05) is 4.72 Å². The van der Waals surface area contributed by atoms with Crippen molar-refractivity contribution in [2.75, 3.05) is 6.54 Å². The molecule has 0 amide bonds. The molecule has 0 radical (unpaired) electrons. The van der Waals surface area contributed by atoms with E-state index in [1.54, 1.807) is 6.92 Å². The Kier molecular flexibility index (Phi) is 4.36. The van der Waals surface area contributed by atoms with Crippen LogP contribution in [0.5, 0.6) is 0 Å². The zero-order chi connectivity index (χ0) is 13.9. The minimum atomic E-state index is -4.26. The molecule has 0 aliphatic heterocycles. The molecule has 0 saturated carbocycles. The van der Waals surface area contributed by atoms with E-state index in [4.69, 9.17) is 5.11 Å². The quantitative estimate of drug-likeness (QED) is 0.852. The number of benzene rings is 1. The van der Waals surface area contributed by atoms with Gasteiger partial charge in [-0.2, -0.15) is 0 Å². The van der Waals surface area contributed by atoms with Crippen molar-refractivity contribution in [1.29, 1.82) is 0 Å². The molecule has 0 bridgehead atoms. The van der Waals surface area contributed by atoms with Gasteiger partial charge in [-0.15, -0.1) is 0 Å². The van der Waals surface area contributed by atoms with Crippen LogP contribution in [0.1, 0.15) is 23.7 Å². The summed E-state index contributed by atoms with van der Waals surface area (Å²) >= 11 is 0. The van der Waals surface area contributed by atoms with Gasteiger partial charge in [0.15, 0.2) is 5.82 Å². The van der Waals surface area contributed by atoms with Crippen LogP contribution in [0.15, 0.2) is 17.0 Å². The zero-order valence-electron chi connectivity index (χ0n) is 9.41. The molecular formula is C10H11F2NO4S. The number of carbonyl (C=O) groups is 1. The van der Waals surface area contributed by atoms with Gasteiger partial charge < -0.3 is 5.11 Å². The maximum absolute atomic E-state index is 13.7. The lowest BCUT2D eigenvalue weighted by atomic mass is 10.2. The van der Waals surface area contributed by atoms with Gasteiger partial charge in [0.25, 0.3) is 0 Å². The Balaban J connectivity index is 3.37. The molecule has 0 heterocycles. The first kappa shape index (κ1) is 14.5. The van der Waals surface area contributed by atoms with E-state index in [0.29, 0.717) is 18.6 Å². The molecule has 0 unspecified atom stereocenters. The van der Waals surface area contributed by atoms with Gasteiger partial charge in [-0.25, -0.2) is 26.7 Å². The summed E-state index contributed by atoms with van der Waals surface area (Å²) in [6.07, 6.45) is 0.460. The Labute approximate surface area is 102 Å². The summed E-state index contributed by atoms with van der Waals surface area (Å²) in [6.45, 7) is 1.73. The predicted octanol–water partition coefficient (Wildman–Crippen LogP) is 1.35. The highest BCUT2D eigenvalue weighted by molar-refractivity contribution is 7.89. The average molecular weight is 279 g/mol. The molecule has 0 aliphatic rings. The van der Waals surface area contributed by atoms with Gasteiger partial charge >= 0.3 is 5.97 Å². The lowest BCUT2D eigenvalue weighted by molar-refractivity contribution is 0.0690. The monoisotopic (exact) mass is 279 g/mol. The molecular weight excluding hydrogens is 268 g/mol. The number of aromatic carboxylic acids is 1. The van der Waals surface area contributed by atoms with Crippen molar-refractivity contribution >= 4 is 16.0 Å². The Morgan fingerprint density at radius 1 is 1.39 bits per heavy atom. The van der Waals surface area contributed by atoms with Crippen LogP contribution in [0, 0.1) is 11.6 Å². The second-order valence-electron chi connectivity index (χ2n) is 3.47. The number of carboxylic acid groups (broad SMARTS) is 1. The zero-order valence-corrected chi connectivity index (χ0v) is 10.2. The van der Waals surface area contributed by atoms with Crippen LogP contribution in [-0.4, -0.2) is 26.0 Å². The third-order valence-corrected chi connectivity index (χ3v) is 3.53. The van der Waals surface area contributed by atoms with Gasteiger partial charge in [0, 0.05) is 6.54 Å². The molecule has 0 aromatic heterocycles. The van der Waals surface area contributed by atoms with Gasteiger partial charge in [-0.05, 0) is 18.6 Å². The van der Waals surface area contributed by atoms with Crippen molar-refractivity contribution < 1.29 is 27.1 Å². The molecule has 100 valence electrons. The van der Waals surface area contributed by atoms with E-state index >= 15 is 0 Å². The lowest BCUT2D eigenvalue weighted by Crippen LogP contribution is -2.26. The molecule has 0 spiro atoms. The van der Waals surface area contributed by atoms with E-state index in [9.17, 15) is 22.0 Å². The Bertz CT molecular complexity index is 571. The van der Waals surface area contributed by atoms with Crippen molar-refractivity contribution in [1.82, 2.24) is 4.72 Å². The highest BCUT2D eigenvalue weighted by Crippen LogP contribution is 2.20. The summed E-state index contributed by atoms with van der Waals surface area (Å²) in [6, 6.07) is 0.871. The van der Waals surface area contributed by atoms with E-state index in [2.05, 4.69) is 0 Å². The first-order valence-corrected chi connectivity index (χ1v) is 6.50. The summed E-state index contributed by atoms with van der Waals surface area (Å²) in [5.41, 5.74) is -1.02. The second kappa shape index (κ2) is 5.40. The third kappa shape index (κ3) is 3.02. The van der Waals surface area contributed by atoms with Crippen LogP contribution in [0.25, 0.3) is 0 Å². The van der Waals surface area contributed by atoms with Crippen LogP contribution in [-0.2, 0) is 10.0 Å². The third-order valence-electron chi connectivity index (χ3n) is 2.07. The fraction of sp³-hybridized carbons (Fsp3) is 0.300. The van der Waals surface area contributed by atoms with E-state index in [0.717, 1.165) is 0 Å². The summed E-state index contributed by atoms with van der Waals surface area (Å²) in [5, 5.41) is 8.63. The minimum Gasteiger partial charge on any atom is -0.478 e. The van der Waals surface area contributed by atoms with Crippen LogP contribution in [0.3, 0.4) is 0 Å². The molecule has 18 heavy (non-hydrogen) atoms. The van der Waals surface area contributed by atoms with E-state index in [1.165, 1.54) is 0 Å². The van der Waals surface area contributed by atoms with Gasteiger partial charge in [0.05, 0.1) is 5.56 Å². The smallest absolute Gasteiger partial charge is 0.338 e. The van der Waals surface area contributed by atoms with E-state index in [-0.39, 0.29) is 6.54 Å². The molecule has 1 rings (SSSR count). The minimum absolute atomic E-state index is 0.0424. The molecule has 1 aromatic carbocycles. The van der Waals surface area contributed by atoms with Gasteiger partial charge in [0.1, 0.15) is 10.7 Å². The van der Waals surface area contributed by atoms with Crippen LogP contribution in [0.4, 0.5) is 8.78 Å². The molecule has 5 nitrogen and oxygen atoms in total. The fourth-order valence-corrected chi connectivity index (χ4v) is 2.47. The van der Waals surface area contributed by atoms with Crippen LogP contribution in [0.2, 0.25) is 0 Å². The van der Waals surface area contributed by atoms with Gasteiger partial charge in [0.2, 0.25) is 10.0 Å². The number of nitrogens with one attached hydrogen (secondary N) is 1. The van der Waals surface area contributed by atoms with Crippen molar-refractivity contribution in [3.05, 3.63) is 29.3 Å². The fourth-order valence-electron chi connectivity index (χ4n) is 1.23. The first-order valence-electron chi connectivity index (χ1n) is 5.01. The molecule has 0 fully saturated rings. The molecule has 0 aliphatic carbocycles. The van der Waals surface area contributed by atoms with Gasteiger partial charge in [-0.1, -0.05) is 6.92 Å². The maximum Gasteiger partial charge on any atom is 0.338 e. The standard InChI is InChI=1S/C10H11F2NO4S/c1-2-3-13-18(16,17)8-5-6(11)4-7(9(8)12)10(14)15/h4-5,13H,2-3H2,1H3,(H,14,15). The van der Waals surface area contributed by atoms with Crippen molar-refractivity contribution in [2.24, 2.45) is 0 Å². The van der Waals surface area contributed by atoms with Crippen molar-refractivity contribution in [3.8, 4) is 0 Å². The number of hydrogen-bond acceptors (Lipinski definition) is 3. The second-order valence-corrected chi connectivity index (χ2v) is 5.20. The maximum atomic E-state index is 13.7. The largest absolute Gasteiger partial charge is 0.478 e. The number of carboxylic acids is 1. The molecule has 0 atom stereocenters. The average Bonchev–Trinajstić information content (AvgIpc) is 2.28. The normalized spacial score (nSPS) is 11.5. The topological polar surface area (TPSA) is 83.5 Å². The van der Waals surface area contributed by atoms with Crippen molar-refractivity contribution in [3.63, 3.8) is 0 Å². The van der Waals surface area contributed by atoms with Crippen molar-refractivity contribution in [2.45, 2.75) is 18.2 Å². The predicted molar refractivity (Wildman–Crippen MR) is 58.8 cm³/mol.